The molecule has 0 radical (unpaired) electrons. The van der Waals surface area contributed by atoms with E-state index >= 15 is 0 Å². The molecule has 1 aromatic carbocycles. The van der Waals surface area contributed by atoms with Gasteiger partial charge in [0.15, 0.2) is 0 Å². The normalized spacial score (nSPS) is 11.2. The largest absolute Gasteiger partial charge is 0.495 e. The summed E-state index contributed by atoms with van der Waals surface area (Å²) in [6, 6.07) is 4.19. The number of benzene rings is 1. The standard InChI is InChI=1S/C12H14N2O6/c1-20-9-5-3-2-4-7(9)13-12(19)14-8(11(17)18)6-10(15)16/h2-5,8H,6H2,1H3,(H,15,16)(H,17,18)(H2,13,14,19)/t8-/m1/s1. The fourth-order valence-electron chi connectivity index (χ4n) is 1.44. The predicted octanol–water partition coefficient (Wildman–Crippen LogP) is 0.745. The summed E-state index contributed by atoms with van der Waals surface area (Å²) in [5.74, 6) is -2.36. The lowest BCUT2D eigenvalue weighted by Gasteiger charge is -2.14. The van der Waals surface area contributed by atoms with Gasteiger partial charge in [-0.2, -0.15) is 0 Å². The molecule has 0 saturated heterocycles. The van der Waals surface area contributed by atoms with Gasteiger partial charge in [0, 0.05) is 0 Å². The van der Waals surface area contributed by atoms with Crippen molar-refractivity contribution in [3.63, 3.8) is 0 Å². The second-order valence-corrected chi connectivity index (χ2v) is 3.79. The molecule has 8 heteroatoms. The molecular weight excluding hydrogens is 268 g/mol. The molecule has 0 fully saturated rings. The van der Waals surface area contributed by atoms with Crippen molar-refractivity contribution >= 4 is 23.7 Å². The molecule has 0 spiro atoms. The van der Waals surface area contributed by atoms with Gasteiger partial charge in [-0.05, 0) is 12.1 Å². The summed E-state index contributed by atoms with van der Waals surface area (Å²) in [7, 11) is 1.42. The number of rotatable bonds is 6. The number of anilines is 1. The van der Waals surface area contributed by atoms with Gasteiger partial charge >= 0.3 is 18.0 Å². The van der Waals surface area contributed by atoms with Crippen molar-refractivity contribution in [1.82, 2.24) is 5.32 Å². The van der Waals surface area contributed by atoms with Crippen LogP contribution >= 0.6 is 0 Å². The van der Waals surface area contributed by atoms with E-state index in [1.54, 1.807) is 24.3 Å². The number of carbonyl (C=O) groups is 3. The van der Waals surface area contributed by atoms with Crippen LogP contribution in [-0.2, 0) is 9.59 Å². The van der Waals surface area contributed by atoms with Crippen LogP contribution < -0.4 is 15.4 Å². The second kappa shape index (κ2) is 6.98. The molecule has 108 valence electrons. The van der Waals surface area contributed by atoms with Crippen molar-refractivity contribution in [3.8, 4) is 5.75 Å². The van der Waals surface area contributed by atoms with Gasteiger partial charge in [-0.25, -0.2) is 9.59 Å². The van der Waals surface area contributed by atoms with Gasteiger partial charge in [0.2, 0.25) is 0 Å². The fraction of sp³-hybridized carbons (Fsp3) is 0.250. The Bertz CT molecular complexity index is 516. The SMILES string of the molecule is COc1ccccc1NC(=O)N[C@H](CC(=O)O)C(=O)O. The maximum atomic E-state index is 11.6. The minimum atomic E-state index is -1.51. The number of hydrogen-bond acceptors (Lipinski definition) is 4. The molecule has 4 N–H and O–H groups in total. The summed E-state index contributed by atoms with van der Waals surface area (Å²) in [6.45, 7) is 0. The van der Waals surface area contributed by atoms with Gasteiger partial charge in [0.05, 0.1) is 19.2 Å². The Labute approximate surface area is 114 Å². The molecule has 0 saturated carbocycles. The van der Waals surface area contributed by atoms with Gasteiger partial charge in [-0.3, -0.25) is 4.79 Å². The van der Waals surface area contributed by atoms with E-state index in [1.807, 2.05) is 0 Å². The van der Waals surface area contributed by atoms with E-state index in [2.05, 4.69) is 10.6 Å². The third-order valence-electron chi connectivity index (χ3n) is 2.34. The molecule has 0 bridgehead atoms. The highest BCUT2D eigenvalue weighted by Crippen LogP contribution is 2.22. The molecule has 1 atom stereocenters. The molecule has 0 aliphatic carbocycles. The summed E-state index contributed by atoms with van der Waals surface area (Å²) in [4.78, 5) is 33.0. The van der Waals surface area contributed by atoms with Crippen LogP contribution in [0.3, 0.4) is 0 Å². The Kier molecular flexibility index (Phi) is 5.33. The quantitative estimate of drug-likeness (QED) is 0.610. The molecule has 0 aromatic heterocycles. The van der Waals surface area contributed by atoms with Crippen molar-refractivity contribution in [2.24, 2.45) is 0 Å². The number of carboxylic acids is 2. The fourth-order valence-corrected chi connectivity index (χ4v) is 1.44. The van der Waals surface area contributed by atoms with Gasteiger partial charge < -0.3 is 25.6 Å². The summed E-state index contributed by atoms with van der Waals surface area (Å²) in [5, 5.41) is 21.8. The number of methoxy groups -OCH3 is 1. The molecule has 1 aromatic rings. The van der Waals surface area contributed by atoms with E-state index in [1.165, 1.54) is 7.11 Å². The summed E-state index contributed by atoms with van der Waals surface area (Å²) < 4.78 is 5.01. The highest BCUT2D eigenvalue weighted by molar-refractivity contribution is 5.94. The van der Waals surface area contributed by atoms with E-state index in [4.69, 9.17) is 14.9 Å². The number of carbonyl (C=O) groups excluding carboxylic acids is 1. The first-order valence-corrected chi connectivity index (χ1v) is 5.59. The zero-order valence-corrected chi connectivity index (χ0v) is 10.6. The van der Waals surface area contributed by atoms with Crippen LogP contribution in [0.15, 0.2) is 24.3 Å². The van der Waals surface area contributed by atoms with Gasteiger partial charge in [0.25, 0.3) is 0 Å². The van der Waals surface area contributed by atoms with Crippen molar-refractivity contribution in [2.45, 2.75) is 12.5 Å². The molecule has 20 heavy (non-hydrogen) atoms. The predicted molar refractivity (Wildman–Crippen MR) is 68.8 cm³/mol. The van der Waals surface area contributed by atoms with Crippen LogP contribution in [0.1, 0.15) is 6.42 Å². The molecule has 0 unspecified atom stereocenters. The summed E-state index contributed by atoms with van der Waals surface area (Å²) in [5.41, 5.74) is 0.340. The highest BCUT2D eigenvalue weighted by Gasteiger charge is 2.23. The molecule has 8 nitrogen and oxygen atoms in total. The van der Waals surface area contributed by atoms with Gasteiger partial charge in [0.1, 0.15) is 11.8 Å². The second-order valence-electron chi connectivity index (χ2n) is 3.79. The molecule has 0 aliphatic heterocycles. The Hall–Kier alpha value is -2.77. The van der Waals surface area contributed by atoms with E-state index in [-0.39, 0.29) is 0 Å². The topological polar surface area (TPSA) is 125 Å². The number of hydrogen-bond donors (Lipinski definition) is 4. The lowest BCUT2D eigenvalue weighted by atomic mass is 10.2. The Morgan fingerprint density at radius 3 is 2.45 bits per heavy atom. The van der Waals surface area contributed by atoms with E-state index < -0.39 is 30.4 Å². The van der Waals surface area contributed by atoms with Crippen molar-refractivity contribution < 1.29 is 29.3 Å². The van der Waals surface area contributed by atoms with Crippen LogP contribution in [0.4, 0.5) is 10.5 Å². The van der Waals surface area contributed by atoms with E-state index in [0.29, 0.717) is 11.4 Å². The molecule has 0 heterocycles. The van der Waals surface area contributed by atoms with E-state index in [9.17, 15) is 14.4 Å². The zero-order chi connectivity index (χ0) is 15.1. The average Bonchev–Trinajstić information content (AvgIpc) is 2.37. The number of urea groups is 1. The Morgan fingerprint density at radius 1 is 1.25 bits per heavy atom. The number of para-hydroxylation sites is 2. The lowest BCUT2D eigenvalue weighted by molar-refractivity contribution is -0.145. The number of nitrogens with one attached hydrogen (secondary N) is 2. The molecule has 0 aliphatic rings. The summed E-state index contributed by atoms with van der Waals surface area (Å²) >= 11 is 0. The first kappa shape index (κ1) is 15.3. The van der Waals surface area contributed by atoms with Crippen molar-refractivity contribution in [3.05, 3.63) is 24.3 Å². The molecule has 2 amide bonds. The number of carboxylic acid groups (broad SMARTS) is 2. The highest BCUT2D eigenvalue weighted by atomic mass is 16.5. The third kappa shape index (κ3) is 4.48. The monoisotopic (exact) mass is 282 g/mol. The third-order valence-corrected chi connectivity index (χ3v) is 2.34. The lowest BCUT2D eigenvalue weighted by Crippen LogP contribution is -2.44. The minimum Gasteiger partial charge on any atom is -0.495 e. The van der Waals surface area contributed by atoms with Gasteiger partial charge in [-0.15, -0.1) is 0 Å². The van der Waals surface area contributed by atoms with E-state index in [0.717, 1.165) is 0 Å². The Morgan fingerprint density at radius 2 is 1.90 bits per heavy atom. The number of ether oxygens (including phenoxy) is 1. The van der Waals surface area contributed by atoms with Crippen LogP contribution in [0, 0.1) is 0 Å². The van der Waals surface area contributed by atoms with Gasteiger partial charge in [-0.1, -0.05) is 12.1 Å². The molecule has 1 rings (SSSR count). The summed E-state index contributed by atoms with van der Waals surface area (Å²) in [6.07, 6.45) is -0.714. The number of aliphatic carboxylic acids is 2. The zero-order valence-electron chi connectivity index (χ0n) is 10.6. The van der Waals surface area contributed by atoms with Crippen molar-refractivity contribution in [2.75, 3.05) is 12.4 Å². The Balaban J connectivity index is 2.70. The van der Waals surface area contributed by atoms with Crippen LogP contribution in [0.25, 0.3) is 0 Å². The molecular formula is C12H14N2O6. The van der Waals surface area contributed by atoms with Crippen LogP contribution in [-0.4, -0.2) is 41.3 Å². The van der Waals surface area contributed by atoms with Crippen molar-refractivity contribution in [1.29, 1.82) is 0 Å². The maximum Gasteiger partial charge on any atom is 0.326 e. The smallest absolute Gasteiger partial charge is 0.326 e. The first-order chi connectivity index (χ1) is 9.43. The first-order valence-electron chi connectivity index (χ1n) is 5.59. The van der Waals surface area contributed by atoms with Crippen LogP contribution in [0.2, 0.25) is 0 Å². The number of amides is 2. The average molecular weight is 282 g/mol. The van der Waals surface area contributed by atoms with Crippen LogP contribution in [0.5, 0.6) is 5.75 Å². The minimum absolute atomic E-state index is 0.340. The maximum absolute atomic E-state index is 11.6.